The number of amides is 2. The van der Waals surface area contributed by atoms with E-state index in [9.17, 15) is 14.4 Å². The van der Waals surface area contributed by atoms with E-state index in [1.54, 1.807) is 31.2 Å². The summed E-state index contributed by atoms with van der Waals surface area (Å²) >= 11 is 0. The van der Waals surface area contributed by atoms with Crippen LogP contribution in [0.25, 0.3) is 0 Å². The van der Waals surface area contributed by atoms with Crippen molar-refractivity contribution in [3.05, 3.63) is 65.2 Å². The Morgan fingerprint density at radius 1 is 1.03 bits per heavy atom. The van der Waals surface area contributed by atoms with E-state index in [1.807, 2.05) is 36.1 Å². The molecule has 0 spiro atoms. The SMILES string of the molecule is CCOC(=O)Oc1ccc(C(=O)NCC2CCN(C(=O)c3ccccc3C)CC2)cc1. The van der Waals surface area contributed by atoms with Crippen LogP contribution in [0.15, 0.2) is 48.5 Å². The largest absolute Gasteiger partial charge is 0.513 e. The number of nitrogens with zero attached hydrogens (tertiary/aromatic N) is 1. The molecule has 0 atom stereocenters. The van der Waals surface area contributed by atoms with Gasteiger partial charge in [0.25, 0.3) is 11.8 Å². The fraction of sp³-hybridized carbons (Fsp3) is 0.375. The van der Waals surface area contributed by atoms with Crippen molar-refractivity contribution in [3.8, 4) is 5.75 Å². The first-order valence-corrected chi connectivity index (χ1v) is 10.6. The number of nitrogens with one attached hydrogen (secondary N) is 1. The van der Waals surface area contributed by atoms with Crippen LogP contribution >= 0.6 is 0 Å². The second-order valence-corrected chi connectivity index (χ2v) is 7.57. The van der Waals surface area contributed by atoms with Crippen LogP contribution in [-0.2, 0) is 4.74 Å². The highest BCUT2D eigenvalue weighted by Crippen LogP contribution is 2.20. The molecule has 0 unspecified atom stereocenters. The molecule has 31 heavy (non-hydrogen) atoms. The van der Waals surface area contributed by atoms with Crippen molar-refractivity contribution in [3.63, 3.8) is 0 Å². The highest BCUT2D eigenvalue weighted by Gasteiger charge is 2.24. The molecule has 7 nitrogen and oxygen atoms in total. The van der Waals surface area contributed by atoms with E-state index in [4.69, 9.17) is 9.47 Å². The van der Waals surface area contributed by atoms with Crippen LogP contribution in [0.1, 0.15) is 46.0 Å². The average molecular weight is 424 g/mol. The van der Waals surface area contributed by atoms with E-state index in [2.05, 4.69) is 5.32 Å². The highest BCUT2D eigenvalue weighted by atomic mass is 16.7. The Labute approximate surface area is 182 Å². The predicted molar refractivity (Wildman–Crippen MR) is 116 cm³/mol. The van der Waals surface area contributed by atoms with E-state index in [0.717, 1.165) is 24.0 Å². The predicted octanol–water partition coefficient (Wildman–Crippen LogP) is 3.81. The fourth-order valence-electron chi connectivity index (χ4n) is 3.58. The number of carbonyl (C=O) groups is 3. The molecule has 2 aromatic carbocycles. The van der Waals surface area contributed by atoms with Crippen LogP contribution in [0, 0.1) is 12.8 Å². The number of benzene rings is 2. The van der Waals surface area contributed by atoms with Gasteiger partial charge < -0.3 is 19.7 Å². The number of carbonyl (C=O) groups excluding carboxylic acids is 3. The summed E-state index contributed by atoms with van der Waals surface area (Å²) in [7, 11) is 0. The number of hydrogen-bond acceptors (Lipinski definition) is 5. The lowest BCUT2D eigenvalue weighted by molar-refractivity contribution is 0.0683. The van der Waals surface area contributed by atoms with Crippen molar-refractivity contribution in [1.29, 1.82) is 0 Å². The van der Waals surface area contributed by atoms with Crippen molar-refractivity contribution in [2.24, 2.45) is 5.92 Å². The molecule has 1 aliphatic rings. The Hall–Kier alpha value is -3.35. The summed E-state index contributed by atoms with van der Waals surface area (Å²) in [6.07, 6.45) is 0.931. The van der Waals surface area contributed by atoms with Gasteiger partial charge in [0, 0.05) is 30.8 Å². The molecule has 2 aromatic rings. The molecule has 0 aromatic heterocycles. The lowest BCUT2D eigenvalue weighted by atomic mass is 9.95. The molecule has 1 heterocycles. The van der Waals surface area contributed by atoms with Gasteiger partial charge in [-0.2, -0.15) is 0 Å². The molecule has 164 valence electrons. The van der Waals surface area contributed by atoms with Crippen molar-refractivity contribution >= 4 is 18.0 Å². The van der Waals surface area contributed by atoms with Crippen LogP contribution < -0.4 is 10.1 Å². The summed E-state index contributed by atoms with van der Waals surface area (Å²) < 4.78 is 9.71. The van der Waals surface area contributed by atoms with Gasteiger partial charge >= 0.3 is 6.16 Å². The Balaban J connectivity index is 1.44. The van der Waals surface area contributed by atoms with Crippen molar-refractivity contribution < 1.29 is 23.9 Å². The second-order valence-electron chi connectivity index (χ2n) is 7.57. The van der Waals surface area contributed by atoms with Crippen molar-refractivity contribution in [2.75, 3.05) is 26.2 Å². The molecule has 1 saturated heterocycles. The number of aryl methyl sites for hydroxylation is 1. The second kappa shape index (κ2) is 10.6. The molecule has 3 rings (SSSR count). The molecule has 0 aliphatic carbocycles. The third-order valence-electron chi connectivity index (χ3n) is 5.41. The molecule has 1 aliphatic heterocycles. The molecule has 1 fully saturated rings. The molecule has 0 radical (unpaired) electrons. The van der Waals surface area contributed by atoms with Crippen molar-refractivity contribution in [2.45, 2.75) is 26.7 Å². The molecule has 0 bridgehead atoms. The Kier molecular flexibility index (Phi) is 7.65. The minimum atomic E-state index is -0.771. The standard InChI is InChI=1S/C24H28N2O5/c1-3-30-24(29)31-20-10-8-19(9-11-20)22(27)25-16-18-12-14-26(15-13-18)23(28)21-7-5-4-6-17(21)2/h4-11,18H,3,12-16H2,1-2H3,(H,25,27). The van der Waals surface area contributed by atoms with Crippen LogP contribution in [-0.4, -0.2) is 49.1 Å². The third kappa shape index (κ3) is 6.07. The van der Waals surface area contributed by atoms with Gasteiger partial charge in [0.2, 0.25) is 0 Å². The Morgan fingerprint density at radius 3 is 2.35 bits per heavy atom. The van der Waals surface area contributed by atoms with Gasteiger partial charge in [0.1, 0.15) is 5.75 Å². The molecule has 7 heteroatoms. The fourth-order valence-corrected chi connectivity index (χ4v) is 3.58. The van der Waals surface area contributed by atoms with Gasteiger partial charge in [0.05, 0.1) is 6.61 Å². The number of hydrogen-bond donors (Lipinski definition) is 1. The van der Waals surface area contributed by atoms with Gasteiger partial charge in [-0.25, -0.2) is 4.79 Å². The quantitative estimate of drug-likeness (QED) is 0.563. The van der Waals surface area contributed by atoms with Gasteiger partial charge in [-0.3, -0.25) is 9.59 Å². The first-order valence-electron chi connectivity index (χ1n) is 10.6. The van der Waals surface area contributed by atoms with E-state index in [1.165, 1.54) is 0 Å². The Bertz CT molecular complexity index is 918. The lowest BCUT2D eigenvalue weighted by Crippen LogP contribution is -2.41. The minimum absolute atomic E-state index is 0.0747. The third-order valence-corrected chi connectivity index (χ3v) is 5.41. The number of piperidine rings is 1. The first kappa shape index (κ1) is 22.3. The number of ether oxygens (including phenoxy) is 2. The first-order chi connectivity index (χ1) is 15.0. The number of rotatable bonds is 6. The van der Waals surface area contributed by atoms with Gasteiger partial charge in [-0.1, -0.05) is 18.2 Å². The molecular weight excluding hydrogens is 396 g/mol. The smallest absolute Gasteiger partial charge is 0.434 e. The van der Waals surface area contributed by atoms with E-state index in [0.29, 0.717) is 36.9 Å². The summed E-state index contributed by atoms with van der Waals surface area (Å²) in [6.45, 7) is 5.82. The topological polar surface area (TPSA) is 84.9 Å². The average Bonchev–Trinajstić information content (AvgIpc) is 2.78. The van der Waals surface area contributed by atoms with Gasteiger partial charge in [-0.15, -0.1) is 0 Å². The number of likely N-dealkylation sites (tertiary alicyclic amines) is 1. The van der Waals surface area contributed by atoms with Crippen LogP contribution in [0.4, 0.5) is 4.79 Å². The van der Waals surface area contributed by atoms with Gasteiger partial charge in [0.15, 0.2) is 0 Å². The Morgan fingerprint density at radius 2 is 1.71 bits per heavy atom. The molecule has 0 saturated carbocycles. The monoisotopic (exact) mass is 424 g/mol. The summed E-state index contributed by atoms with van der Waals surface area (Å²) in [5, 5.41) is 2.96. The van der Waals surface area contributed by atoms with Gasteiger partial charge in [-0.05, 0) is 68.5 Å². The van der Waals surface area contributed by atoms with E-state index < -0.39 is 6.16 Å². The maximum absolute atomic E-state index is 12.7. The summed E-state index contributed by atoms with van der Waals surface area (Å²) in [5.74, 6) is 0.545. The molecule has 2 amide bonds. The highest BCUT2D eigenvalue weighted by molar-refractivity contribution is 5.95. The zero-order chi connectivity index (χ0) is 22.2. The summed E-state index contributed by atoms with van der Waals surface area (Å²) in [5.41, 5.74) is 2.23. The van der Waals surface area contributed by atoms with Crippen LogP contribution in [0.5, 0.6) is 5.75 Å². The van der Waals surface area contributed by atoms with E-state index in [-0.39, 0.29) is 18.4 Å². The van der Waals surface area contributed by atoms with Crippen LogP contribution in [0.3, 0.4) is 0 Å². The zero-order valence-corrected chi connectivity index (χ0v) is 17.9. The maximum atomic E-state index is 12.7. The molecule has 1 N–H and O–H groups in total. The zero-order valence-electron chi connectivity index (χ0n) is 17.9. The maximum Gasteiger partial charge on any atom is 0.513 e. The lowest BCUT2D eigenvalue weighted by Gasteiger charge is -2.32. The normalized spacial score (nSPS) is 14.1. The summed E-state index contributed by atoms with van der Waals surface area (Å²) in [4.78, 5) is 38.4. The summed E-state index contributed by atoms with van der Waals surface area (Å²) in [6, 6.07) is 14.0. The molecular formula is C24H28N2O5. The van der Waals surface area contributed by atoms with Crippen LogP contribution in [0.2, 0.25) is 0 Å². The van der Waals surface area contributed by atoms with Crippen molar-refractivity contribution in [1.82, 2.24) is 10.2 Å². The minimum Gasteiger partial charge on any atom is -0.434 e. The van der Waals surface area contributed by atoms with E-state index >= 15 is 0 Å².